The molecular formula is C23H34N4O6S. The molecule has 2 heterocycles. The van der Waals surface area contributed by atoms with Crippen LogP contribution in [0.4, 0.5) is 0 Å². The monoisotopic (exact) mass is 494 g/mol. The number of carbonyl (C=O) groups is 3. The smallest absolute Gasteiger partial charge is 0.345 e. The van der Waals surface area contributed by atoms with E-state index in [4.69, 9.17) is 0 Å². The molecule has 2 aliphatic rings. The second-order valence-electron chi connectivity index (χ2n) is 9.25. The van der Waals surface area contributed by atoms with E-state index >= 15 is 0 Å². The molecule has 0 saturated carbocycles. The number of benzene rings is 1. The molecule has 4 N–H and O–H groups in total. The number of nitrogens with one attached hydrogen (secondary N) is 3. The quantitative estimate of drug-likeness (QED) is 0.373. The van der Waals surface area contributed by atoms with Gasteiger partial charge in [-0.15, -0.1) is 0 Å². The van der Waals surface area contributed by atoms with Gasteiger partial charge < -0.3 is 20.6 Å². The van der Waals surface area contributed by atoms with Crippen molar-refractivity contribution in [3.63, 3.8) is 0 Å². The summed E-state index contributed by atoms with van der Waals surface area (Å²) in [5, 5.41) is 15.4. The molecule has 2 saturated heterocycles. The average Bonchev–Trinajstić information content (AvgIpc) is 2.83. The fraction of sp³-hybridized carbons (Fsp3) is 0.609. The molecule has 2 amide bonds. The van der Waals surface area contributed by atoms with Gasteiger partial charge in [0.2, 0.25) is 27.5 Å². The number of sulfonamides is 1. The van der Waals surface area contributed by atoms with E-state index in [0.717, 1.165) is 39.3 Å². The number of carboxylic acid groups (broad SMARTS) is 1. The first kappa shape index (κ1) is 26.1. The molecule has 34 heavy (non-hydrogen) atoms. The van der Waals surface area contributed by atoms with Gasteiger partial charge in [-0.25, -0.2) is 13.2 Å². The molecule has 188 valence electrons. The van der Waals surface area contributed by atoms with E-state index in [1.807, 2.05) is 0 Å². The minimum atomic E-state index is -4.20. The maximum Gasteiger partial charge on any atom is 0.345 e. The van der Waals surface area contributed by atoms with Gasteiger partial charge in [0, 0.05) is 19.5 Å². The summed E-state index contributed by atoms with van der Waals surface area (Å²) in [6, 6.07) is 7.34. The summed E-state index contributed by atoms with van der Waals surface area (Å²) < 4.78 is 27.4. The van der Waals surface area contributed by atoms with Gasteiger partial charge in [-0.05, 0) is 70.2 Å². The lowest BCUT2D eigenvalue weighted by Gasteiger charge is -2.35. The number of aliphatic carboxylic acids is 1. The predicted molar refractivity (Wildman–Crippen MR) is 125 cm³/mol. The van der Waals surface area contributed by atoms with Crippen molar-refractivity contribution in [2.24, 2.45) is 11.8 Å². The molecule has 10 nitrogen and oxygen atoms in total. The number of carboxylic acids is 1. The highest BCUT2D eigenvalue weighted by molar-refractivity contribution is 7.89. The number of nitrogens with zero attached hydrogens (tertiary/aromatic N) is 1. The van der Waals surface area contributed by atoms with Crippen molar-refractivity contribution in [1.82, 2.24) is 20.3 Å². The van der Waals surface area contributed by atoms with E-state index in [2.05, 4.69) is 15.4 Å². The van der Waals surface area contributed by atoms with Crippen molar-refractivity contribution in [3.8, 4) is 0 Å². The number of rotatable bonds is 9. The zero-order chi connectivity index (χ0) is 24.8. The van der Waals surface area contributed by atoms with Crippen LogP contribution in [0.1, 0.15) is 45.4 Å². The van der Waals surface area contributed by atoms with Gasteiger partial charge >= 0.3 is 5.97 Å². The maximum atomic E-state index is 13.0. The summed E-state index contributed by atoms with van der Waals surface area (Å²) in [6.07, 6.45) is 4.49. The molecule has 3 rings (SSSR count). The maximum absolute atomic E-state index is 13.0. The first-order chi connectivity index (χ1) is 16.1. The Kier molecular flexibility index (Phi) is 8.67. The Morgan fingerprint density at radius 2 is 1.82 bits per heavy atom. The number of hydrogen-bond donors (Lipinski definition) is 4. The van der Waals surface area contributed by atoms with E-state index in [-0.39, 0.29) is 17.3 Å². The summed E-state index contributed by atoms with van der Waals surface area (Å²) in [5.41, 5.74) is -2.24. The van der Waals surface area contributed by atoms with E-state index in [9.17, 15) is 27.9 Å². The number of hydrogen-bond acceptors (Lipinski definition) is 6. The SMILES string of the molecule is C[C@](NC(=O)[C@@H]1CCCN(C(=O)CCC2CCNCC2)C1)(NS(=O)(=O)c1ccccc1)C(=O)O. The summed E-state index contributed by atoms with van der Waals surface area (Å²) in [4.78, 5) is 39.2. The molecule has 1 aromatic rings. The normalized spacial score (nSPS) is 21.4. The molecule has 2 atom stereocenters. The first-order valence-corrected chi connectivity index (χ1v) is 13.2. The summed E-state index contributed by atoms with van der Waals surface area (Å²) >= 11 is 0. The molecule has 2 fully saturated rings. The van der Waals surface area contributed by atoms with Crippen molar-refractivity contribution in [1.29, 1.82) is 0 Å². The Morgan fingerprint density at radius 3 is 2.47 bits per heavy atom. The van der Waals surface area contributed by atoms with Crippen LogP contribution in [-0.2, 0) is 24.4 Å². The van der Waals surface area contributed by atoms with E-state index < -0.39 is 33.5 Å². The van der Waals surface area contributed by atoms with Crippen molar-refractivity contribution < 1.29 is 27.9 Å². The molecule has 0 bridgehead atoms. The van der Waals surface area contributed by atoms with Crippen molar-refractivity contribution in [3.05, 3.63) is 30.3 Å². The summed E-state index contributed by atoms with van der Waals surface area (Å²) in [7, 11) is -4.20. The van der Waals surface area contributed by atoms with Gasteiger partial charge in [0.15, 0.2) is 0 Å². The van der Waals surface area contributed by atoms with Gasteiger partial charge in [-0.1, -0.05) is 18.2 Å². The van der Waals surface area contributed by atoms with Gasteiger partial charge in [-0.2, -0.15) is 4.72 Å². The molecular weight excluding hydrogens is 460 g/mol. The highest BCUT2D eigenvalue weighted by Crippen LogP contribution is 2.22. The predicted octanol–water partition coefficient (Wildman–Crippen LogP) is 0.900. The molecule has 0 aromatic heterocycles. The summed E-state index contributed by atoms with van der Waals surface area (Å²) in [6.45, 7) is 3.80. The molecule has 0 radical (unpaired) electrons. The van der Waals surface area contributed by atoms with Crippen molar-refractivity contribution in [2.45, 2.75) is 56.0 Å². The third kappa shape index (κ3) is 6.77. The number of amides is 2. The molecule has 0 spiro atoms. The van der Waals surface area contributed by atoms with Gasteiger partial charge in [0.25, 0.3) is 0 Å². The van der Waals surface area contributed by atoms with Crippen LogP contribution in [0.5, 0.6) is 0 Å². The highest BCUT2D eigenvalue weighted by Gasteiger charge is 2.41. The Labute approximate surface area is 200 Å². The van der Waals surface area contributed by atoms with Gasteiger partial charge in [-0.3, -0.25) is 9.59 Å². The van der Waals surface area contributed by atoms with Crippen LogP contribution < -0.4 is 15.4 Å². The minimum Gasteiger partial charge on any atom is -0.478 e. The van der Waals surface area contributed by atoms with Crippen LogP contribution in [0.25, 0.3) is 0 Å². The highest BCUT2D eigenvalue weighted by atomic mass is 32.2. The Morgan fingerprint density at radius 1 is 1.15 bits per heavy atom. The van der Waals surface area contributed by atoms with Crippen LogP contribution in [0.3, 0.4) is 0 Å². The third-order valence-corrected chi connectivity index (χ3v) is 8.13. The van der Waals surface area contributed by atoms with Crippen LogP contribution in [0.2, 0.25) is 0 Å². The standard InChI is InChI=1S/C23H34N4O6S/c1-23(22(30)31,26-34(32,33)19-7-3-2-4-8-19)25-21(29)18-6-5-15-27(16-18)20(28)10-9-17-11-13-24-14-12-17/h2-4,7-8,17-18,24,26H,5-6,9-16H2,1H3,(H,25,29)(H,30,31)/t18-,23+/m1/s1. The van der Waals surface area contributed by atoms with Crippen LogP contribution in [-0.4, -0.2) is 68.0 Å². The second kappa shape index (κ2) is 11.3. The van der Waals surface area contributed by atoms with Crippen molar-refractivity contribution >= 4 is 27.8 Å². The largest absolute Gasteiger partial charge is 0.478 e. The first-order valence-electron chi connectivity index (χ1n) is 11.7. The Hall–Kier alpha value is -2.50. The fourth-order valence-electron chi connectivity index (χ4n) is 4.47. The zero-order valence-electron chi connectivity index (χ0n) is 19.5. The third-order valence-electron chi connectivity index (χ3n) is 6.56. The van der Waals surface area contributed by atoms with E-state index in [1.54, 1.807) is 11.0 Å². The number of likely N-dealkylation sites (tertiary alicyclic amines) is 1. The van der Waals surface area contributed by atoms with Gasteiger partial charge in [0.1, 0.15) is 0 Å². The lowest BCUT2D eigenvalue weighted by molar-refractivity contribution is -0.149. The lowest BCUT2D eigenvalue weighted by atomic mass is 9.92. The fourth-order valence-corrected chi connectivity index (χ4v) is 5.78. The molecule has 11 heteroatoms. The van der Waals surface area contributed by atoms with E-state index in [1.165, 1.54) is 24.3 Å². The van der Waals surface area contributed by atoms with E-state index in [0.29, 0.717) is 31.7 Å². The topological polar surface area (TPSA) is 145 Å². The minimum absolute atomic E-state index is 0.00168. The molecule has 2 aliphatic heterocycles. The Bertz CT molecular complexity index is 980. The molecule has 1 aromatic carbocycles. The number of piperidine rings is 2. The molecule has 0 aliphatic carbocycles. The molecule has 0 unspecified atom stereocenters. The van der Waals surface area contributed by atoms with Crippen LogP contribution >= 0.6 is 0 Å². The van der Waals surface area contributed by atoms with Crippen LogP contribution in [0, 0.1) is 11.8 Å². The zero-order valence-corrected chi connectivity index (χ0v) is 20.3. The number of carbonyl (C=O) groups excluding carboxylic acids is 2. The lowest BCUT2D eigenvalue weighted by Crippen LogP contribution is -2.65. The second-order valence-corrected chi connectivity index (χ2v) is 10.9. The van der Waals surface area contributed by atoms with Crippen LogP contribution in [0.15, 0.2) is 35.2 Å². The average molecular weight is 495 g/mol. The van der Waals surface area contributed by atoms with Gasteiger partial charge in [0.05, 0.1) is 10.8 Å². The summed E-state index contributed by atoms with van der Waals surface area (Å²) in [5.74, 6) is -2.22. The Balaban J connectivity index is 1.60. The van der Waals surface area contributed by atoms with Crippen molar-refractivity contribution in [2.75, 3.05) is 26.2 Å².